The summed E-state index contributed by atoms with van der Waals surface area (Å²) in [4.78, 5) is 37.0. The molecule has 1 amide bonds. The molecule has 1 unspecified atom stereocenters. The van der Waals surface area contributed by atoms with Gasteiger partial charge in [-0.15, -0.1) is 0 Å². The molecule has 60 heavy (non-hydrogen) atoms. The van der Waals surface area contributed by atoms with Gasteiger partial charge in [-0.2, -0.15) is 0 Å². The molecule has 3 heterocycles. The molecule has 1 fully saturated rings. The topological polar surface area (TPSA) is 165 Å². The van der Waals surface area contributed by atoms with Crippen molar-refractivity contribution in [3.05, 3.63) is 144 Å². The van der Waals surface area contributed by atoms with Crippen LogP contribution in [0.5, 0.6) is 11.5 Å². The van der Waals surface area contributed by atoms with Crippen molar-refractivity contribution in [3.63, 3.8) is 0 Å². The SMILES string of the molecule is COc1ccc(C(OC[C@H]2O[C@@H](n3cnc4c(NC(=O)c5ccccc5)ncnc43)[C@H](O[PH](=O)O)[C@@H]2O[Si](C)(C)C(C)(C)C)(c2ccccc2)c2ccc(OC)cc2)cc1. The van der Waals surface area contributed by atoms with E-state index in [0.29, 0.717) is 22.7 Å². The zero-order chi connectivity index (χ0) is 42.7. The van der Waals surface area contributed by atoms with E-state index in [9.17, 15) is 14.3 Å². The number of rotatable bonds is 15. The van der Waals surface area contributed by atoms with Crippen LogP contribution >= 0.6 is 8.25 Å². The number of hydrogen-bond donors (Lipinski definition) is 2. The van der Waals surface area contributed by atoms with E-state index in [-0.39, 0.29) is 28.9 Å². The number of fused-ring (bicyclic) bond motifs is 1. The van der Waals surface area contributed by atoms with Crippen molar-refractivity contribution >= 4 is 39.5 Å². The second-order valence-electron chi connectivity index (χ2n) is 15.9. The number of imidazole rings is 1. The van der Waals surface area contributed by atoms with Gasteiger partial charge >= 0.3 is 8.25 Å². The van der Waals surface area contributed by atoms with Gasteiger partial charge in [0, 0.05) is 5.56 Å². The van der Waals surface area contributed by atoms with Crippen LogP contribution in [0, 0.1) is 0 Å². The van der Waals surface area contributed by atoms with E-state index in [2.05, 4.69) is 54.1 Å². The highest BCUT2D eigenvalue weighted by molar-refractivity contribution is 7.32. The van der Waals surface area contributed by atoms with E-state index in [1.54, 1.807) is 43.1 Å². The Kier molecular flexibility index (Phi) is 12.7. The maximum absolute atomic E-state index is 13.2. The Hall–Kier alpha value is -5.25. The van der Waals surface area contributed by atoms with Crippen molar-refractivity contribution < 1.29 is 42.2 Å². The summed E-state index contributed by atoms with van der Waals surface area (Å²) in [5.41, 5.74) is 2.28. The molecule has 4 aromatic carbocycles. The van der Waals surface area contributed by atoms with Crippen LogP contribution in [0.4, 0.5) is 5.82 Å². The first-order valence-electron chi connectivity index (χ1n) is 19.5. The van der Waals surface area contributed by atoms with Gasteiger partial charge in [-0.25, -0.2) is 15.0 Å². The van der Waals surface area contributed by atoms with E-state index in [4.69, 9.17) is 27.9 Å². The smallest absolute Gasteiger partial charge is 0.317 e. The number of methoxy groups -OCH3 is 2. The van der Waals surface area contributed by atoms with Crippen LogP contribution in [0.1, 0.15) is 54.0 Å². The van der Waals surface area contributed by atoms with Gasteiger partial charge in [-0.05, 0) is 71.2 Å². The van der Waals surface area contributed by atoms with Gasteiger partial charge in [0.25, 0.3) is 5.91 Å². The van der Waals surface area contributed by atoms with Crippen molar-refractivity contribution in [1.82, 2.24) is 19.5 Å². The number of anilines is 1. The van der Waals surface area contributed by atoms with Crippen molar-refractivity contribution in [2.24, 2.45) is 0 Å². The zero-order valence-electron chi connectivity index (χ0n) is 34.6. The molecule has 2 N–H and O–H groups in total. The normalized spacial score (nSPS) is 18.9. The Balaban J connectivity index is 1.33. The highest BCUT2D eigenvalue weighted by atomic mass is 31.1. The fraction of sp³-hybridized carbons (Fsp3) is 0.318. The average Bonchev–Trinajstić information content (AvgIpc) is 3.82. The lowest BCUT2D eigenvalue weighted by Crippen LogP contribution is -2.50. The summed E-state index contributed by atoms with van der Waals surface area (Å²) in [6.07, 6.45) is -1.14. The van der Waals surface area contributed by atoms with Crippen LogP contribution < -0.4 is 14.8 Å². The van der Waals surface area contributed by atoms with Crippen LogP contribution in [0.2, 0.25) is 18.1 Å². The molecule has 0 aliphatic carbocycles. The summed E-state index contributed by atoms with van der Waals surface area (Å²) in [5, 5.41) is 2.58. The summed E-state index contributed by atoms with van der Waals surface area (Å²) < 4.78 is 52.7. The lowest BCUT2D eigenvalue weighted by Gasteiger charge is -2.41. The molecule has 1 aliphatic heterocycles. The number of carbonyl (C=O) groups is 1. The van der Waals surface area contributed by atoms with Crippen LogP contribution in [0.15, 0.2) is 122 Å². The molecule has 0 saturated carbocycles. The average molecular weight is 852 g/mol. The molecule has 0 bridgehead atoms. The van der Waals surface area contributed by atoms with Gasteiger partial charge < -0.3 is 33.6 Å². The second-order valence-corrected chi connectivity index (χ2v) is 21.5. The molecular formula is C44H50N5O9PSi. The maximum Gasteiger partial charge on any atom is 0.317 e. The monoisotopic (exact) mass is 851 g/mol. The summed E-state index contributed by atoms with van der Waals surface area (Å²) in [5.74, 6) is 1.16. The fourth-order valence-corrected chi connectivity index (χ4v) is 8.95. The van der Waals surface area contributed by atoms with E-state index in [1.807, 2.05) is 84.9 Å². The number of aromatic nitrogens is 4. The number of nitrogens with zero attached hydrogens (tertiary/aromatic N) is 4. The predicted molar refractivity (Wildman–Crippen MR) is 230 cm³/mol. The third kappa shape index (κ3) is 8.65. The van der Waals surface area contributed by atoms with Crippen molar-refractivity contribution in [3.8, 4) is 11.5 Å². The van der Waals surface area contributed by atoms with Crippen LogP contribution in [-0.2, 0) is 28.6 Å². The van der Waals surface area contributed by atoms with Gasteiger partial charge in [0.2, 0.25) is 0 Å². The Morgan fingerprint density at radius 2 is 1.38 bits per heavy atom. The standard InChI is InChI=1S/C44H50N5O9PSi/c1-43(2,3)60(6,7)58-37-35(26-55-44(30-16-12-9-13-17-30,31-18-22-33(53-4)23-19-31)32-20-24-34(54-5)25-21-32)56-42(38(37)57-59(51)52)49-28-47-36-39(45-27-46-40(36)49)48-41(50)29-14-10-8-11-15-29/h8-25,27-28,35,37-38,42,59H,26H2,1-7H3,(H,51,52)(H,45,46,48,50)/t35-,37-,38-,42-/m1/s1. The largest absolute Gasteiger partial charge is 0.497 e. The molecule has 14 nitrogen and oxygen atoms in total. The van der Waals surface area contributed by atoms with Gasteiger partial charge in [0.05, 0.1) is 27.2 Å². The minimum absolute atomic E-state index is 0.0606. The van der Waals surface area contributed by atoms with Gasteiger partial charge in [-0.3, -0.25) is 18.5 Å². The Labute approximate surface area is 350 Å². The van der Waals surface area contributed by atoms with Crippen molar-refractivity contribution in [2.75, 3.05) is 26.1 Å². The van der Waals surface area contributed by atoms with Crippen LogP contribution in [0.3, 0.4) is 0 Å². The van der Waals surface area contributed by atoms with Gasteiger partial charge in [0.1, 0.15) is 41.7 Å². The molecule has 16 heteroatoms. The molecule has 5 atom stereocenters. The first-order valence-corrected chi connectivity index (χ1v) is 23.7. The molecule has 1 aliphatic rings. The molecule has 0 radical (unpaired) electrons. The molecule has 6 aromatic rings. The van der Waals surface area contributed by atoms with E-state index >= 15 is 0 Å². The van der Waals surface area contributed by atoms with Gasteiger partial charge in [-0.1, -0.05) is 93.6 Å². The predicted octanol–water partition coefficient (Wildman–Crippen LogP) is 8.16. The Bertz CT molecular complexity index is 2370. The molecule has 2 aromatic heterocycles. The molecule has 314 valence electrons. The number of benzene rings is 4. The second kappa shape index (κ2) is 17.8. The van der Waals surface area contributed by atoms with E-state index in [0.717, 1.165) is 16.7 Å². The number of hydrogen-bond acceptors (Lipinski definition) is 11. The first-order chi connectivity index (χ1) is 28.8. The molecule has 0 spiro atoms. The zero-order valence-corrected chi connectivity index (χ0v) is 36.6. The summed E-state index contributed by atoms with van der Waals surface area (Å²) in [7, 11) is -2.96. The van der Waals surface area contributed by atoms with Crippen LogP contribution in [0.25, 0.3) is 11.2 Å². The number of carbonyl (C=O) groups excluding carboxylic acids is 1. The van der Waals surface area contributed by atoms with E-state index in [1.165, 1.54) is 12.7 Å². The van der Waals surface area contributed by atoms with Gasteiger partial charge in [0.15, 0.2) is 31.5 Å². The summed E-state index contributed by atoms with van der Waals surface area (Å²) in [6.45, 7) is 10.5. The van der Waals surface area contributed by atoms with Crippen molar-refractivity contribution in [1.29, 1.82) is 0 Å². The molecule has 7 rings (SSSR count). The minimum atomic E-state index is -3.56. The van der Waals surface area contributed by atoms with Crippen molar-refractivity contribution in [2.45, 2.75) is 69.0 Å². The molecule has 1 saturated heterocycles. The lowest BCUT2D eigenvalue weighted by molar-refractivity contribution is -0.0926. The number of amides is 1. The minimum Gasteiger partial charge on any atom is -0.497 e. The Morgan fingerprint density at radius 1 is 0.817 bits per heavy atom. The highest BCUT2D eigenvalue weighted by Gasteiger charge is 2.53. The third-order valence-corrected chi connectivity index (χ3v) is 16.2. The van der Waals surface area contributed by atoms with E-state index < -0.39 is 46.7 Å². The van der Waals surface area contributed by atoms with Crippen LogP contribution in [-0.4, -0.2) is 77.8 Å². The maximum atomic E-state index is 13.2. The summed E-state index contributed by atoms with van der Waals surface area (Å²) in [6, 6.07) is 34.0. The third-order valence-electron chi connectivity index (χ3n) is 11.3. The Morgan fingerprint density at radius 3 is 1.93 bits per heavy atom. The number of ether oxygens (including phenoxy) is 4. The highest BCUT2D eigenvalue weighted by Crippen LogP contribution is 2.47. The summed E-state index contributed by atoms with van der Waals surface area (Å²) >= 11 is 0. The quantitative estimate of drug-likeness (QED) is 0.0580. The first kappa shape index (κ1) is 42.9. The molecular weight excluding hydrogens is 802 g/mol. The lowest BCUT2D eigenvalue weighted by atomic mass is 9.80. The number of nitrogens with one attached hydrogen (secondary N) is 1. The fourth-order valence-electron chi connectivity index (χ4n) is 7.15.